The molecule has 0 aromatic heterocycles. The molecular weight excluding hydrogens is 262 g/mol. The van der Waals surface area contributed by atoms with Gasteiger partial charge in [-0.15, -0.1) is 0 Å². The Hall–Kier alpha value is -0.240. The summed E-state index contributed by atoms with van der Waals surface area (Å²) in [6.07, 6.45) is 0.155. The fourth-order valence-corrected chi connectivity index (χ4v) is 1.54. The van der Waals surface area contributed by atoms with Crippen molar-refractivity contribution in [2.75, 3.05) is 46.6 Å². The predicted octanol–water partition coefficient (Wildman–Crippen LogP) is 0.166. The molecule has 0 heterocycles. The van der Waals surface area contributed by atoms with Gasteiger partial charge in [-0.25, -0.2) is 0 Å². The summed E-state index contributed by atoms with van der Waals surface area (Å²) in [6.45, 7) is 8.24. The summed E-state index contributed by atoms with van der Waals surface area (Å²) in [5, 5.41) is 22.7. The number of hydrogen-bond acceptors (Lipinski definition) is 6. The van der Waals surface area contributed by atoms with Gasteiger partial charge in [0.05, 0.1) is 37.6 Å². The molecule has 2 atom stereocenters. The molecule has 0 aliphatic heterocycles. The largest absolute Gasteiger partial charge is 0.389 e. The van der Waals surface area contributed by atoms with Gasteiger partial charge in [-0.05, 0) is 20.8 Å². The summed E-state index contributed by atoms with van der Waals surface area (Å²) >= 11 is 0. The molecule has 0 fully saturated rings. The number of methoxy groups -OCH3 is 1. The average molecular weight is 293 g/mol. The monoisotopic (exact) mass is 293 g/mol. The van der Waals surface area contributed by atoms with Crippen molar-refractivity contribution in [1.29, 1.82) is 0 Å². The van der Waals surface area contributed by atoms with Crippen LogP contribution in [0, 0.1) is 0 Å². The van der Waals surface area contributed by atoms with Crippen LogP contribution in [0.1, 0.15) is 27.2 Å². The van der Waals surface area contributed by atoms with Gasteiger partial charge >= 0.3 is 0 Å². The lowest BCUT2D eigenvalue weighted by Crippen LogP contribution is -2.42. The average Bonchev–Trinajstić information content (AvgIpc) is 2.35. The van der Waals surface area contributed by atoms with E-state index in [9.17, 15) is 10.2 Å². The van der Waals surface area contributed by atoms with E-state index < -0.39 is 11.7 Å². The summed E-state index contributed by atoms with van der Waals surface area (Å²) in [6, 6.07) is 0. The van der Waals surface area contributed by atoms with Crippen LogP contribution in [0.2, 0.25) is 0 Å². The van der Waals surface area contributed by atoms with Gasteiger partial charge in [0, 0.05) is 33.2 Å². The molecule has 0 aromatic carbocycles. The van der Waals surface area contributed by atoms with E-state index in [0.29, 0.717) is 39.3 Å². The Kier molecular flexibility index (Phi) is 11.3. The van der Waals surface area contributed by atoms with Crippen molar-refractivity contribution in [2.24, 2.45) is 0 Å². The third kappa shape index (κ3) is 12.8. The summed E-state index contributed by atoms with van der Waals surface area (Å²) in [7, 11) is 1.60. The first-order chi connectivity index (χ1) is 9.37. The minimum Gasteiger partial charge on any atom is -0.389 e. The number of ether oxygens (including phenoxy) is 3. The summed E-state index contributed by atoms with van der Waals surface area (Å²) < 4.78 is 15.5. The number of hydrogen-bond donors (Lipinski definition) is 3. The molecular formula is C14H31NO5. The van der Waals surface area contributed by atoms with Crippen LogP contribution >= 0.6 is 0 Å². The highest BCUT2D eigenvalue weighted by molar-refractivity contribution is 4.76. The maximum absolute atomic E-state index is 9.98. The van der Waals surface area contributed by atoms with Gasteiger partial charge in [0.1, 0.15) is 0 Å². The van der Waals surface area contributed by atoms with Gasteiger partial charge in [0.15, 0.2) is 0 Å². The molecule has 0 spiro atoms. The molecule has 0 saturated carbocycles. The maximum atomic E-state index is 9.98. The molecule has 6 heteroatoms. The van der Waals surface area contributed by atoms with Crippen LogP contribution in [-0.2, 0) is 14.2 Å². The molecule has 0 aliphatic carbocycles. The van der Waals surface area contributed by atoms with Crippen LogP contribution in [-0.4, -0.2) is 74.6 Å². The van der Waals surface area contributed by atoms with Crippen LogP contribution in [0.15, 0.2) is 0 Å². The molecule has 20 heavy (non-hydrogen) atoms. The number of rotatable bonds is 13. The maximum Gasteiger partial charge on any atom is 0.0897 e. The highest BCUT2D eigenvalue weighted by Crippen LogP contribution is 2.07. The van der Waals surface area contributed by atoms with Gasteiger partial charge in [-0.1, -0.05) is 0 Å². The van der Waals surface area contributed by atoms with Crippen molar-refractivity contribution in [3.05, 3.63) is 0 Å². The minimum absolute atomic E-state index is 0.194. The Morgan fingerprint density at radius 2 is 1.90 bits per heavy atom. The third-order valence-corrected chi connectivity index (χ3v) is 2.72. The SMILES string of the molecule is COCCC(C)(O)CNCC(O)COCCOC(C)C. The van der Waals surface area contributed by atoms with Crippen LogP contribution in [0.25, 0.3) is 0 Å². The van der Waals surface area contributed by atoms with E-state index in [1.54, 1.807) is 14.0 Å². The van der Waals surface area contributed by atoms with E-state index in [2.05, 4.69) is 5.32 Å². The van der Waals surface area contributed by atoms with E-state index in [-0.39, 0.29) is 12.7 Å². The van der Waals surface area contributed by atoms with Crippen molar-refractivity contribution in [1.82, 2.24) is 5.32 Å². The molecule has 0 bridgehead atoms. The molecule has 0 aliphatic rings. The van der Waals surface area contributed by atoms with Crippen LogP contribution in [0.5, 0.6) is 0 Å². The first-order valence-electron chi connectivity index (χ1n) is 7.17. The predicted molar refractivity (Wildman–Crippen MR) is 77.9 cm³/mol. The lowest BCUT2D eigenvalue weighted by atomic mass is 10.0. The second kappa shape index (κ2) is 11.4. The third-order valence-electron chi connectivity index (χ3n) is 2.72. The molecule has 0 saturated heterocycles. The summed E-state index contributed by atoms with van der Waals surface area (Å²) in [4.78, 5) is 0. The van der Waals surface area contributed by atoms with Crippen LogP contribution in [0.3, 0.4) is 0 Å². The van der Waals surface area contributed by atoms with E-state index in [1.165, 1.54) is 0 Å². The van der Waals surface area contributed by atoms with E-state index in [4.69, 9.17) is 14.2 Å². The topological polar surface area (TPSA) is 80.2 Å². The second-order valence-electron chi connectivity index (χ2n) is 5.52. The number of aliphatic hydroxyl groups excluding tert-OH is 1. The lowest BCUT2D eigenvalue weighted by molar-refractivity contribution is -0.0131. The van der Waals surface area contributed by atoms with Crippen molar-refractivity contribution >= 4 is 0 Å². The Bertz CT molecular complexity index is 224. The highest BCUT2D eigenvalue weighted by atomic mass is 16.5. The van der Waals surface area contributed by atoms with Gasteiger partial charge in [0.2, 0.25) is 0 Å². The Morgan fingerprint density at radius 3 is 2.50 bits per heavy atom. The molecule has 2 unspecified atom stereocenters. The van der Waals surface area contributed by atoms with Crippen LogP contribution < -0.4 is 5.32 Å². The standard InChI is InChI=1S/C14H31NO5/c1-12(2)20-8-7-19-10-13(16)9-15-11-14(3,17)5-6-18-4/h12-13,15-17H,5-11H2,1-4H3. The number of nitrogens with one attached hydrogen (secondary N) is 1. The molecule has 6 nitrogen and oxygen atoms in total. The van der Waals surface area contributed by atoms with Crippen molar-refractivity contribution in [3.63, 3.8) is 0 Å². The summed E-state index contributed by atoms with van der Waals surface area (Å²) in [5.74, 6) is 0. The van der Waals surface area contributed by atoms with Gasteiger partial charge in [-0.3, -0.25) is 0 Å². The summed E-state index contributed by atoms with van der Waals surface area (Å²) in [5.41, 5.74) is -0.832. The van der Waals surface area contributed by atoms with E-state index in [0.717, 1.165) is 0 Å². The molecule has 0 radical (unpaired) electrons. The zero-order valence-corrected chi connectivity index (χ0v) is 13.2. The first kappa shape index (κ1) is 19.8. The second-order valence-corrected chi connectivity index (χ2v) is 5.52. The Labute approximate surface area is 122 Å². The van der Waals surface area contributed by atoms with Gasteiger partial charge in [-0.2, -0.15) is 0 Å². The smallest absolute Gasteiger partial charge is 0.0897 e. The molecule has 0 amide bonds. The number of aliphatic hydroxyl groups is 2. The Balaban J connectivity index is 3.50. The minimum atomic E-state index is -0.832. The van der Waals surface area contributed by atoms with E-state index in [1.807, 2.05) is 13.8 Å². The molecule has 3 N–H and O–H groups in total. The van der Waals surface area contributed by atoms with Gasteiger partial charge in [0.25, 0.3) is 0 Å². The highest BCUT2D eigenvalue weighted by Gasteiger charge is 2.19. The first-order valence-corrected chi connectivity index (χ1v) is 7.17. The fraction of sp³-hybridized carbons (Fsp3) is 1.00. The lowest BCUT2D eigenvalue weighted by Gasteiger charge is -2.24. The van der Waals surface area contributed by atoms with Crippen LogP contribution in [0.4, 0.5) is 0 Å². The zero-order valence-electron chi connectivity index (χ0n) is 13.2. The normalized spacial score (nSPS) is 16.4. The fourth-order valence-electron chi connectivity index (χ4n) is 1.54. The zero-order chi connectivity index (χ0) is 15.4. The van der Waals surface area contributed by atoms with Crippen molar-refractivity contribution in [3.8, 4) is 0 Å². The van der Waals surface area contributed by atoms with Crippen molar-refractivity contribution in [2.45, 2.75) is 45.0 Å². The quantitative estimate of drug-likeness (QED) is 0.420. The molecule has 0 rings (SSSR count). The molecule has 122 valence electrons. The Morgan fingerprint density at radius 1 is 1.20 bits per heavy atom. The van der Waals surface area contributed by atoms with Crippen molar-refractivity contribution < 1.29 is 24.4 Å². The molecule has 0 aromatic rings. The van der Waals surface area contributed by atoms with Gasteiger partial charge < -0.3 is 29.7 Å². The van der Waals surface area contributed by atoms with E-state index >= 15 is 0 Å².